The Balaban J connectivity index is 1.68. The molecule has 3 N–H and O–H groups in total. The van der Waals surface area contributed by atoms with Crippen molar-refractivity contribution in [3.8, 4) is 5.75 Å². The Kier molecular flexibility index (Phi) is 5.95. The largest absolute Gasteiger partial charge is 0.508 e. The summed E-state index contributed by atoms with van der Waals surface area (Å²) < 4.78 is 23.3. The maximum Gasteiger partial charge on any atom is 0.175 e. The third-order valence-electron chi connectivity index (χ3n) is 4.81. The lowest BCUT2D eigenvalue weighted by atomic mass is 10.0. The molecule has 3 unspecified atom stereocenters. The van der Waals surface area contributed by atoms with Gasteiger partial charge in [-0.3, -0.25) is 10.6 Å². The second-order valence-electron chi connectivity index (χ2n) is 7.03. The molecule has 0 saturated carbocycles. The van der Waals surface area contributed by atoms with E-state index in [4.69, 9.17) is 0 Å². The Morgan fingerprint density at radius 3 is 2.84 bits per heavy atom. The maximum atomic E-state index is 11.6. The molecule has 0 aromatic heterocycles. The lowest BCUT2D eigenvalue weighted by Crippen LogP contribution is -2.58. The van der Waals surface area contributed by atoms with Crippen molar-refractivity contribution in [3.05, 3.63) is 23.8 Å². The third-order valence-corrected chi connectivity index (χ3v) is 7.32. The quantitative estimate of drug-likeness (QED) is 0.702. The molecule has 0 amide bonds. The van der Waals surface area contributed by atoms with Crippen molar-refractivity contribution in [3.63, 3.8) is 0 Å². The van der Waals surface area contributed by atoms with Gasteiger partial charge in [0, 0.05) is 42.7 Å². The smallest absolute Gasteiger partial charge is 0.175 e. The van der Waals surface area contributed by atoms with Gasteiger partial charge in [-0.1, -0.05) is 6.07 Å². The summed E-state index contributed by atoms with van der Waals surface area (Å²) in [5.74, 6) is 1.29. The predicted octanol–water partition coefficient (Wildman–Crippen LogP) is 1.18. The number of hydrogen-bond donors (Lipinski definition) is 3. The van der Waals surface area contributed by atoms with Crippen LogP contribution in [0.3, 0.4) is 0 Å². The molecule has 3 rings (SSSR count). The molecule has 3 atom stereocenters. The summed E-state index contributed by atoms with van der Waals surface area (Å²) in [6, 6.07) is 4.59. The van der Waals surface area contributed by atoms with Crippen LogP contribution >= 0.6 is 11.8 Å². The van der Waals surface area contributed by atoms with Gasteiger partial charge in [-0.25, -0.2) is 8.42 Å². The van der Waals surface area contributed by atoms with Gasteiger partial charge in [0.15, 0.2) is 9.84 Å². The third kappa shape index (κ3) is 4.89. The molecule has 140 valence electrons. The van der Waals surface area contributed by atoms with Crippen LogP contribution in [0.1, 0.15) is 24.4 Å². The molecule has 2 fully saturated rings. The number of piperazine rings is 1. The molecule has 2 aliphatic rings. The number of benzene rings is 1. The number of hydrogen-bond acceptors (Lipinski definition) is 7. The molecule has 2 heterocycles. The average molecular weight is 386 g/mol. The zero-order chi connectivity index (χ0) is 18.0. The van der Waals surface area contributed by atoms with Gasteiger partial charge in [0.25, 0.3) is 0 Å². The Labute approximate surface area is 154 Å². The van der Waals surface area contributed by atoms with E-state index in [2.05, 4.69) is 22.6 Å². The summed E-state index contributed by atoms with van der Waals surface area (Å²) in [5.41, 5.74) is 0.737. The highest BCUT2D eigenvalue weighted by atomic mass is 32.2. The van der Waals surface area contributed by atoms with Crippen molar-refractivity contribution in [2.24, 2.45) is 0 Å². The van der Waals surface area contributed by atoms with Gasteiger partial charge in [-0.15, -0.1) is 0 Å². The predicted molar refractivity (Wildman–Crippen MR) is 102 cm³/mol. The van der Waals surface area contributed by atoms with Crippen molar-refractivity contribution < 1.29 is 13.5 Å². The zero-order valence-corrected chi connectivity index (χ0v) is 16.4. The van der Waals surface area contributed by atoms with E-state index in [1.807, 2.05) is 11.8 Å². The summed E-state index contributed by atoms with van der Waals surface area (Å²) in [6.07, 6.45) is 3.88. The van der Waals surface area contributed by atoms with Gasteiger partial charge in [0.2, 0.25) is 0 Å². The molecule has 6 nitrogen and oxygen atoms in total. The lowest BCUT2D eigenvalue weighted by molar-refractivity contribution is 0.170. The second kappa shape index (κ2) is 7.84. The molecule has 0 radical (unpaired) electrons. The molecule has 2 saturated heterocycles. The van der Waals surface area contributed by atoms with Crippen molar-refractivity contribution in [1.82, 2.24) is 15.5 Å². The zero-order valence-electron chi connectivity index (χ0n) is 14.7. The average Bonchev–Trinajstić information content (AvgIpc) is 3.05. The number of aromatic hydroxyl groups is 1. The minimum absolute atomic E-state index is 0.0285. The van der Waals surface area contributed by atoms with E-state index >= 15 is 0 Å². The van der Waals surface area contributed by atoms with Crippen LogP contribution in [0.2, 0.25) is 0 Å². The van der Waals surface area contributed by atoms with Crippen molar-refractivity contribution in [2.75, 3.05) is 38.7 Å². The van der Waals surface area contributed by atoms with Crippen molar-refractivity contribution in [2.45, 2.75) is 35.2 Å². The van der Waals surface area contributed by atoms with Crippen LogP contribution in [0.5, 0.6) is 5.75 Å². The first-order chi connectivity index (χ1) is 11.8. The fourth-order valence-corrected chi connectivity index (χ4v) is 5.34. The SMILES string of the molecule is CN1CC(NCC2CCCS2)NC(c2ccc(S(C)(=O)=O)cc2O)C1. The van der Waals surface area contributed by atoms with E-state index in [-0.39, 0.29) is 22.9 Å². The van der Waals surface area contributed by atoms with Gasteiger partial charge < -0.3 is 10.0 Å². The number of nitrogens with one attached hydrogen (secondary N) is 2. The van der Waals surface area contributed by atoms with E-state index in [0.717, 1.165) is 31.5 Å². The summed E-state index contributed by atoms with van der Waals surface area (Å²) in [7, 11) is -1.25. The molecule has 1 aromatic carbocycles. The first-order valence-electron chi connectivity index (χ1n) is 8.65. The highest BCUT2D eigenvalue weighted by Gasteiger charge is 2.28. The van der Waals surface area contributed by atoms with Crippen molar-refractivity contribution >= 4 is 21.6 Å². The van der Waals surface area contributed by atoms with Crippen molar-refractivity contribution in [1.29, 1.82) is 0 Å². The molecular weight excluding hydrogens is 358 g/mol. The number of phenols is 1. The van der Waals surface area contributed by atoms with E-state index in [9.17, 15) is 13.5 Å². The maximum absolute atomic E-state index is 11.6. The normalized spacial score (nSPS) is 28.3. The molecular formula is C17H27N3O3S2. The fourth-order valence-electron chi connectivity index (χ4n) is 3.49. The topological polar surface area (TPSA) is 81.7 Å². The van der Waals surface area contributed by atoms with Crippen LogP contribution in [0.15, 0.2) is 23.1 Å². The molecule has 1 aromatic rings. The number of sulfone groups is 1. The van der Waals surface area contributed by atoms with E-state index < -0.39 is 9.84 Å². The molecule has 0 aliphatic carbocycles. The molecule has 0 spiro atoms. The Hall–Kier alpha value is -0.800. The Morgan fingerprint density at radius 2 is 2.20 bits per heavy atom. The van der Waals surface area contributed by atoms with Crippen LogP contribution < -0.4 is 10.6 Å². The fraction of sp³-hybridized carbons (Fsp3) is 0.647. The monoisotopic (exact) mass is 385 g/mol. The number of nitrogens with zero attached hydrogens (tertiary/aromatic N) is 1. The highest BCUT2D eigenvalue weighted by Crippen LogP contribution is 2.29. The van der Waals surface area contributed by atoms with Gasteiger partial charge >= 0.3 is 0 Å². The lowest BCUT2D eigenvalue weighted by Gasteiger charge is -2.38. The van der Waals surface area contributed by atoms with E-state index in [1.54, 1.807) is 12.1 Å². The number of phenolic OH excluding ortho intramolecular Hbond substituents is 1. The minimum Gasteiger partial charge on any atom is -0.508 e. The van der Waals surface area contributed by atoms with E-state index in [0.29, 0.717) is 5.25 Å². The van der Waals surface area contributed by atoms with Gasteiger partial charge in [-0.2, -0.15) is 11.8 Å². The summed E-state index contributed by atoms with van der Waals surface area (Å²) in [5, 5.41) is 18.2. The second-order valence-corrected chi connectivity index (χ2v) is 10.5. The summed E-state index contributed by atoms with van der Waals surface area (Å²) >= 11 is 2.03. The number of likely N-dealkylation sites (N-methyl/N-ethyl adjacent to an activating group) is 1. The summed E-state index contributed by atoms with van der Waals surface area (Å²) in [6.45, 7) is 2.65. The van der Waals surface area contributed by atoms with Crippen LogP contribution in [0.4, 0.5) is 0 Å². The number of rotatable bonds is 5. The Bertz CT molecular complexity index is 705. The number of thioether (sulfide) groups is 1. The molecule has 8 heteroatoms. The van der Waals surface area contributed by atoms with E-state index in [1.165, 1.54) is 24.7 Å². The van der Waals surface area contributed by atoms with Gasteiger partial charge in [0.05, 0.1) is 11.1 Å². The Morgan fingerprint density at radius 1 is 1.40 bits per heavy atom. The molecule has 25 heavy (non-hydrogen) atoms. The first kappa shape index (κ1) is 19.0. The van der Waals surface area contributed by atoms with Gasteiger partial charge in [-0.05, 0) is 37.8 Å². The minimum atomic E-state index is -3.32. The molecule has 0 bridgehead atoms. The first-order valence-corrected chi connectivity index (χ1v) is 11.6. The van der Waals surface area contributed by atoms with Crippen LogP contribution in [-0.4, -0.2) is 68.5 Å². The highest BCUT2D eigenvalue weighted by molar-refractivity contribution is 8.00. The molecule has 2 aliphatic heterocycles. The van der Waals surface area contributed by atoms with Crippen LogP contribution in [-0.2, 0) is 9.84 Å². The standard InChI is InChI=1S/C17H27N3O3S2/c1-20-10-15(14-6-5-13(8-16(14)21)25(2,22)23)19-17(11-20)18-9-12-4-3-7-24-12/h5-6,8,12,15,17-19,21H,3-4,7,9-11H2,1-2H3. The van der Waals surface area contributed by atoms with Gasteiger partial charge in [0.1, 0.15) is 5.75 Å². The van der Waals surface area contributed by atoms with Crippen LogP contribution in [0, 0.1) is 0 Å². The summed E-state index contributed by atoms with van der Waals surface area (Å²) in [4.78, 5) is 2.37. The van der Waals surface area contributed by atoms with Crippen LogP contribution in [0.25, 0.3) is 0 Å².